The van der Waals surface area contributed by atoms with Crippen molar-refractivity contribution in [2.75, 3.05) is 13.6 Å². The predicted octanol–water partition coefficient (Wildman–Crippen LogP) is 2.56. The van der Waals surface area contributed by atoms with Gasteiger partial charge in [-0.25, -0.2) is 0 Å². The number of azide groups is 1. The quantitative estimate of drug-likeness (QED) is 0.378. The summed E-state index contributed by atoms with van der Waals surface area (Å²) >= 11 is 0. The third kappa shape index (κ3) is 1.86. The Balaban J connectivity index is 1.96. The molecule has 78 valence electrons. The fourth-order valence-electron chi connectivity index (χ4n) is 3.03. The molecule has 2 saturated heterocycles. The molecule has 0 amide bonds. The van der Waals surface area contributed by atoms with Crippen LogP contribution < -0.4 is 0 Å². The number of rotatable bonds is 2. The van der Waals surface area contributed by atoms with Gasteiger partial charge in [-0.15, -0.1) is 0 Å². The topological polar surface area (TPSA) is 52.0 Å². The summed E-state index contributed by atoms with van der Waals surface area (Å²) in [5.74, 6) is 0.636. The van der Waals surface area contributed by atoms with Crippen LogP contribution in [0.2, 0.25) is 0 Å². The molecule has 0 N–H and O–H groups in total. The van der Waals surface area contributed by atoms with Gasteiger partial charge in [0.1, 0.15) is 0 Å². The number of piperidine rings is 2. The Morgan fingerprint density at radius 1 is 1.36 bits per heavy atom. The lowest BCUT2D eigenvalue weighted by molar-refractivity contribution is 0.0389. The summed E-state index contributed by atoms with van der Waals surface area (Å²) in [5.41, 5.74) is 8.30. The molecule has 2 unspecified atom stereocenters. The fraction of sp³-hybridized carbons (Fsp3) is 1.00. The van der Waals surface area contributed by atoms with Crippen molar-refractivity contribution in [3.63, 3.8) is 0 Å². The first-order valence-corrected chi connectivity index (χ1v) is 5.54. The third-order valence-corrected chi connectivity index (χ3v) is 3.84. The minimum absolute atomic E-state index is 0.636. The smallest absolute Gasteiger partial charge is 0.0287 e. The van der Waals surface area contributed by atoms with E-state index in [-0.39, 0.29) is 0 Å². The summed E-state index contributed by atoms with van der Waals surface area (Å²) in [6.07, 6.45) is 6.51. The van der Waals surface area contributed by atoms with Gasteiger partial charge >= 0.3 is 0 Å². The van der Waals surface area contributed by atoms with Crippen molar-refractivity contribution in [2.24, 2.45) is 11.0 Å². The Morgan fingerprint density at radius 3 is 2.57 bits per heavy atom. The van der Waals surface area contributed by atoms with E-state index in [0.717, 1.165) is 12.1 Å². The van der Waals surface area contributed by atoms with Crippen molar-refractivity contribution in [3.05, 3.63) is 10.4 Å². The maximum Gasteiger partial charge on any atom is 0.0287 e. The molecule has 0 aromatic heterocycles. The maximum atomic E-state index is 8.30. The van der Waals surface area contributed by atoms with Crippen LogP contribution in [-0.4, -0.2) is 30.6 Å². The van der Waals surface area contributed by atoms with Crippen molar-refractivity contribution in [1.29, 1.82) is 0 Å². The maximum absolute atomic E-state index is 8.30. The SMILES string of the molecule is CN1C2CCCC1CC(CN=[N+]=[N-])C2. The van der Waals surface area contributed by atoms with Gasteiger partial charge in [-0.1, -0.05) is 11.5 Å². The molecular formula is C10H18N4. The molecule has 0 saturated carbocycles. The molecule has 2 bridgehead atoms. The van der Waals surface area contributed by atoms with Crippen molar-refractivity contribution in [3.8, 4) is 0 Å². The number of nitrogens with zero attached hydrogens (tertiary/aromatic N) is 4. The second kappa shape index (κ2) is 4.20. The van der Waals surface area contributed by atoms with Crippen LogP contribution in [-0.2, 0) is 0 Å². The number of hydrogen-bond acceptors (Lipinski definition) is 2. The zero-order valence-electron chi connectivity index (χ0n) is 8.76. The molecular weight excluding hydrogens is 176 g/mol. The second-order valence-electron chi connectivity index (χ2n) is 4.65. The summed E-state index contributed by atoms with van der Waals surface area (Å²) in [5, 5.41) is 3.71. The Labute approximate surface area is 84.9 Å². The molecule has 2 aliphatic heterocycles. The average molecular weight is 194 g/mol. The van der Waals surface area contributed by atoms with Gasteiger partial charge < -0.3 is 4.90 Å². The van der Waals surface area contributed by atoms with Gasteiger partial charge in [-0.2, -0.15) is 0 Å². The Bertz CT molecular complexity index is 233. The highest BCUT2D eigenvalue weighted by atomic mass is 15.2. The molecule has 4 heteroatoms. The average Bonchev–Trinajstić information content (AvgIpc) is 2.15. The minimum Gasteiger partial charge on any atom is -0.300 e. The molecule has 4 nitrogen and oxygen atoms in total. The summed E-state index contributed by atoms with van der Waals surface area (Å²) in [6.45, 7) is 0.706. The van der Waals surface area contributed by atoms with Gasteiger partial charge in [-0.05, 0) is 44.2 Å². The van der Waals surface area contributed by atoms with E-state index in [9.17, 15) is 0 Å². The second-order valence-corrected chi connectivity index (χ2v) is 4.65. The third-order valence-electron chi connectivity index (χ3n) is 3.84. The van der Waals surface area contributed by atoms with Crippen LogP contribution in [0.3, 0.4) is 0 Å². The lowest BCUT2D eigenvalue weighted by Gasteiger charge is -2.46. The van der Waals surface area contributed by atoms with Crippen molar-refractivity contribution in [2.45, 2.75) is 44.2 Å². The molecule has 14 heavy (non-hydrogen) atoms. The van der Waals surface area contributed by atoms with Gasteiger partial charge in [0.05, 0.1) is 0 Å². The minimum atomic E-state index is 0.636. The van der Waals surface area contributed by atoms with Crippen LogP contribution in [0.15, 0.2) is 5.11 Å². The van der Waals surface area contributed by atoms with Crippen LogP contribution in [0.1, 0.15) is 32.1 Å². The highest BCUT2D eigenvalue weighted by Gasteiger charge is 2.35. The highest BCUT2D eigenvalue weighted by Crippen LogP contribution is 2.35. The zero-order chi connectivity index (χ0) is 9.97. The molecule has 2 rings (SSSR count). The van der Waals surface area contributed by atoms with Gasteiger partial charge in [-0.3, -0.25) is 0 Å². The number of hydrogen-bond donors (Lipinski definition) is 0. The van der Waals surface area contributed by atoms with Crippen molar-refractivity contribution in [1.82, 2.24) is 4.90 Å². The molecule has 2 heterocycles. The first-order chi connectivity index (χ1) is 6.81. The molecule has 2 atom stereocenters. The molecule has 0 radical (unpaired) electrons. The highest BCUT2D eigenvalue weighted by molar-refractivity contribution is 4.91. The zero-order valence-corrected chi connectivity index (χ0v) is 8.76. The van der Waals surface area contributed by atoms with Gasteiger partial charge in [0, 0.05) is 23.5 Å². The summed E-state index contributed by atoms with van der Waals surface area (Å²) in [4.78, 5) is 5.39. The summed E-state index contributed by atoms with van der Waals surface area (Å²) in [6, 6.07) is 1.50. The van der Waals surface area contributed by atoms with Gasteiger partial charge in [0.15, 0.2) is 0 Å². The molecule has 0 aromatic carbocycles. The normalized spacial score (nSPS) is 37.6. The lowest BCUT2D eigenvalue weighted by Crippen LogP contribution is -2.50. The van der Waals surface area contributed by atoms with Crippen LogP contribution in [0.4, 0.5) is 0 Å². The Hall–Kier alpha value is -0.730. The molecule has 0 aromatic rings. The largest absolute Gasteiger partial charge is 0.300 e. The standard InChI is InChI=1S/C10H18N4/c1-14-9-3-2-4-10(14)6-8(5-9)7-12-13-11/h8-10H,2-7H2,1H3. The van der Waals surface area contributed by atoms with E-state index >= 15 is 0 Å². The molecule has 2 fully saturated rings. The Morgan fingerprint density at radius 2 is 2.00 bits per heavy atom. The van der Waals surface area contributed by atoms with E-state index in [2.05, 4.69) is 22.0 Å². The first-order valence-electron chi connectivity index (χ1n) is 5.54. The summed E-state index contributed by atoms with van der Waals surface area (Å²) < 4.78 is 0. The molecule has 2 aliphatic rings. The van der Waals surface area contributed by atoms with Crippen LogP contribution in [0, 0.1) is 5.92 Å². The van der Waals surface area contributed by atoms with Crippen molar-refractivity contribution >= 4 is 0 Å². The van der Waals surface area contributed by atoms with E-state index in [0.29, 0.717) is 12.5 Å². The van der Waals surface area contributed by atoms with E-state index in [4.69, 9.17) is 5.53 Å². The summed E-state index contributed by atoms with van der Waals surface area (Å²) in [7, 11) is 2.25. The van der Waals surface area contributed by atoms with Crippen LogP contribution in [0.5, 0.6) is 0 Å². The van der Waals surface area contributed by atoms with E-state index in [1.807, 2.05) is 0 Å². The van der Waals surface area contributed by atoms with E-state index < -0.39 is 0 Å². The molecule has 0 aliphatic carbocycles. The van der Waals surface area contributed by atoms with Crippen LogP contribution >= 0.6 is 0 Å². The van der Waals surface area contributed by atoms with E-state index in [1.54, 1.807) is 0 Å². The predicted molar refractivity (Wildman–Crippen MR) is 55.9 cm³/mol. The first kappa shape index (κ1) is 9.81. The van der Waals surface area contributed by atoms with E-state index in [1.165, 1.54) is 32.1 Å². The van der Waals surface area contributed by atoms with Crippen molar-refractivity contribution < 1.29 is 0 Å². The fourth-order valence-corrected chi connectivity index (χ4v) is 3.03. The Kier molecular flexibility index (Phi) is 2.94. The van der Waals surface area contributed by atoms with Gasteiger partial charge in [0.2, 0.25) is 0 Å². The monoisotopic (exact) mass is 194 g/mol. The number of fused-ring (bicyclic) bond motifs is 2. The lowest BCUT2D eigenvalue weighted by atomic mass is 9.79. The molecule has 0 spiro atoms. The van der Waals surface area contributed by atoms with Crippen LogP contribution in [0.25, 0.3) is 10.4 Å². The van der Waals surface area contributed by atoms with Gasteiger partial charge in [0.25, 0.3) is 0 Å².